The van der Waals surface area contributed by atoms with Gasteiger partial charge in [-0.3, -0.25) is 0 Å². The molecular formula is C23H22ClN3O2. The molecule has 0 amide bonds. The number of aryl methyl sites for hydroxylation is 3. The summed E-state index contributed by atoms with van der Waals surface area (Å²) in [7, 11) is 0. The van der Waals surface area contributed by atoms with Gasteiger partial charge in [0, 0.05) is 18.2 Å². The van der Waals surface area contributed by atoms with Crippen molar-refractivity contribution in [3.63, 3.8) is 0 Å². The van der Waals surface area contributed by atoms with Crippen molar-refractivity contribution in [1.29, 1.82) is 0 Å². The first-order valence-corrected chi connectivity index (χ1v) is 9.95. The molecule has 0 aliphatic heterocycles. The van der Waals surface area contributed by atoms with Crippen LogP contribution in [0.25, 0.3) is 22.8 Å². The fourth-order valence-electron chi connectivity index (χ4n) is 3.16. The monoisotopic (exact) mass is 407 g/mol. The van der Waals surface area contributed by atoms with Crippen LogP contribution < -0.4 is 4.74 Å². The molecule has 0 aliphatic carbocycles. The summed E-state index contributed by atoms with van der Waals surface area (Å²) < 4.78 is 12.0. The Labute approximate surface area is 174 Å². The molecule has 0 radical (unpaired) electrons. The number of para-hydroxylation sites is 1. The van der Waals surface area contributed by atoms with Crippen molar-refractivity contribution in [3.05, 3.63) is 76.9 Å². The number of H-pyrrole nitrogens is 1. The molecule has 5 nitrogen and oxygen atoms in total. The van der Waals surface area contributed by atoms with Gasteiger partial charge in [-0.25, -0.2) is 9.97 Å². The topological polar surface area (TPSA) is 63.9 Å². The largest absolute Gasteiger partial charge is 0.493 e. The first kappa shape index (κ1) is 19.3. The lowest BCUT2D eigenvalue weighted by molar-refractivity contribution is 0.304. The Morgan fingerprint density at radius 3 is 2.59 bits per heavy atom. The van der Waals surface area contributed by atoms with Gasteiger partial charge in [0.1, 0.15) is 28.7 Å². The zero-order chi connectivity index (χ0) is 20.2. The summed E-state index contributed by atoms with van der Waals surface area (Å²) in [4.78, 5) is 12.2. The summed E-state index contributed by atoms with van der Waals surface area (Å²) in [6.07, 6.45) is 3.27. The molecule has 4 aromatic rings. The van der Waals surface area contributed by atoms with Crippen molar-refractivity contribution in [2.75, 3.05) is 6.61 Å². The molecule has 2 aromatic carbocycles. The van der Waals surface area contributed by atoms with Crippen molar-refractivity contribution < 1.29 is 9.15 Å². The van der Waals surface area contributed by atoms with E-state index in [1.165, 1.54) is 0 Å². The highest BCUT2D eigenvalue weighted by atomic mass is 35.5. The Morgan fingerprint density at radius 2 is 1.83 bits per heavy atom. The lowest BCUT2D eigenvalue weighted by Crippen LogP contribution is -2.01. The predicted molar refractivity (Wildman–Crippen MR) is 114 cm³/mol. The van der Waals surface area contributed by atoms with Crippen molar-refractivity contribution in [1.82, 2.24) is 15.0 Å². The van der Waals surface area contributed by atoms with Crippen LogP contribution in [0.1, 0.15) is 23.6 Å². The highest BCUT2D eigenvalue weighted by Gasteiger charge is 2.19. The number of oxazole rings is 1. The molecule has 0 bridgehead atoms. The van der Waals surface area contributed by atoms with Crippen LogP contribution in [0, 0.1) is 13.8 Å². The van der Waals surface area contributed by atoms with Gasteiger partial charge in [-0.2, -0.15) is 0 Å². The Hall–Kier alpha value is -3.05. The standard InChI is InChI=1S/C23H22ClN3O2/c1-15-8-3-6-11-20(15)28-13-7-12-21-22(17-9-4-5-10-18(17)24)27-23(29-21)19-14-25-16(2)26-19/h3-6,8-11,14H,7,12-13H2,1-2H3,(H,25,26). The average molecular weight is 408 g/mol. The van der Waals surface area contributed by atoms with E-state index >= 15 is 0 Å². The van der Waals surface area contributed by atoms with Crippen molar-refractivity contribution >= 4 is 11.6 Å². The van der Waals surface area contributed by atoms with E-state index in [1.807, 2.05) is 62.4 Å². The smallest absolute Gasteiger partial charge is 0.247 e. The van der Waals surface area contributed by atoms with E-state index in [4.69, 9.17) is 25.7 Å². The van der Waals surface area contributed by atoms with Gasteiger partial charge in [-0.1, -0.05) is 48.0 Å². The Kier molecular flexibility index (Phi) is 5.67. The van der Waals surface area contributed by atoms with E-state index in [0.717, 1.165) is 40.6 Å². The summed E-state index contributed by atoms with van der Waals surface area (Å²) in [5, 5.41) is 0.642. The highest BCUT2D eigenvalue weighted by molar-refractivity contribution is 6.33. The van der Waals surface area contributed by atoms with Gasteiger partial charge in [-0.15, -0.1) is 0 Å². The number of nitrogens with zero attached hydrogens (tertiary/aromatic N) is 2. The Morgan fingerprint density at radius 1 is 1.03 bits per heavy atom. The Balaban J connectivity index is 1.55. The molecule has 6 heteroatoms. The molecule has 0 saturated carbocycles. The summed E-state index contributed by atoms with van der Waals surface area (Å²) >= 11 is 6.42. The molecule has 0 aliphatic rings. The van der Waals surface area contributed by atoms with Gasteiger partial charge in [0.2, 0.25) is 5.89 Å². The number of aromatic nitrogens is 3. The molecule has 29 heavy (non-hydrogen) atoms. The maximum Gasteiger partial charge on any atom is 0.247 e. The molecule has 0 spiro atoms. The molecule has 0 unspecified atom stereocenters. The quantitative estimate of drug-likeness (QED) is 0.381. The van der Waals surface area contributed by atoms with Crippen LogP contribution in [0.15, 0.2) is 59.1 Å². The van der Waals surface area contributed by atoms with Crippen LogP contribution in [0.2, 0.25) is 5.02 Å². The second-order valence-corrected chi connectivity index (χ2v) is 7.27. The number of ether oxygens (including phenoxy) is 1. The van der Waals surface area contributed by atoms with E-state index in [-0.39, 0.29) is 0 Å². The lowest BCUT2D eigenvalue weighted by Gasteiger charge is -2.08. The van der Waals surface area contributed by atoms with E-state index in [0.29, 0.717) is 29.6 Å². The minimum atomic E-state index is 0.485. The highest BCUT2D eigenvalue weighted by Crippen LogP contribution is 2.33. The fourth-order valence-corrected chi connectivity index (χ4v) is 3.38. The van der Waals surface area contributed by atoms with Crippen LogP contribution in [0.3, 0.4) is 0 Å². The van der Waals surface area contributed by atoms with Gasteiger partial charge in [0.15, 0.2) is 0 Å². The molecular weight excluding hydrogens is 386 g/mol. The summed E-state index contributed by atoms with van der Waals surface area (Å²) in [5.41, 5.74) is 3.41. The number of hydrogen-bond acceptors (Lipinski definition) is 4. The molecule has 4 rings (SSSR count). The normalized spacial score (nSPS) is 11.0. The second kappa shape index (κ2) is 8.53. The van der Waals surface area contributed by atoms with Gasteiger partial charge in [-0.05, 0) is 38.0 Å². The second-order valence-electron chi connectivity index (χ2n) is 6.86. The van der Waals surface area contributed by atoms with E-state index in [9.17, 15) is 0 Å². The van der Waals surface area contributed by atoms with Crippen LogP contribution in [-0.2, 0) is 6.42 Å². The summed E-state index contributed by atoms with van der Waals surface area (Å²) in [6.45, 7) is 4.52. The van der Waals surface area contributed by atoms with Crippen LogP contribution in [-0.4, -0.2) is 21.6 Å². The molecule has 148 valence electrons. The van der Waals surface area contributed by atoms with Crippen LogP contribution in [0.5, 0.6) is 5.75 Å². The molecule has 2 heterocycles. The number of rotatable bonds is 7. The minimum Gasteiger partial charge on any atom is -0.493 e. The summed E-state index contributed by atoms with van der Waals surface area (Å²) in [5.74, 6) is 2.98. The first-order valence-electron chi connectivity index (χ1n) is 9.57. The molecule has 0 atom stereocenters. The zero-order valence-corrected chi connectivity index (χ0v) is 17.2. The SMILES string of the molecule is Cc1nc(-c2nc(-c3ccccc3Cl)c(CCCOc3ccccc3C)o2)c[nH]1. The third-order valence-electron chi connectivity index (χ3n) is 4.65. The van der Waals surface area contributed by atoms with Crippen molar-refractivity contribution in [2.45, 2.75) is 26.7 Å². The average Bonchev–Trinajstić information content (AvgIpc) is 3.33. The van der Waals surface area contributed by atoms with E-state index < -0.39 is 0 Å². The maximum absolute atomic E-state index is 6.42. The fraction of sp³-hybridized carbons (Fsp3) is 0.217. The number of benzene rings is 2. The van der Waals surface area contributed by atoms with Crippen LogP contribution in [0.4, 0.5) is 0 Å². The number of halogens is 1. The third kappa shape index (κ3) is 4.35. The zero-order valence-electron chi connectivity index (χ0n) is 16.4. The number of imidazole rings is 1. The van der Waals surface area contributed by atoms with Crippen molar-refractivity contribution in [3.8, 4) is 28.6 Å². The van der Waals surface area contributed by atoms with Crippen molar-refractivity contribution in [2.24, 2.45) is 0 Å². The molecule has 1 N–H and O–H groups in total. The summed E-state index contributed by atoms with van der Waals surface area (Å²) in [6, 6.07) is 15.7. The van der Waals surface area contributed by atoms with Gasteiger partial charge >= 0.3 is 0 Å². The molecule has 0 saturated heterocycles. The minimum absolute atomic E-state index is 0.485. The number of aromatic amines is 1. The number of hydrogen-bond donors (Lipinski definition) is 1. The predicted octanol–water partition coefficient (Wildman–Crippen LogP) is 6.01. The molecule has 2 aromatic heterocycles. The van der Waals surface area contributed by atoms with Gasteiger partial charge in [0.05, 0.1) is 11.6 Å². The third-order valence-corrected chi connectivity index (χ3v) is 4.98. The lowest BCUT2D eigenvalue weighted by atomic mass is 10.1. The van der Waals surface area contributed by atoms with E-state index in [1.54, 1.807) is 6.20 Å². The van der Waals surface area contributed by atoms with Gasteiger partial charge in [0.25, 0.3) is 0 Å². The maximum atomic E-state index is 6.42. The van der Waals surface area contributed by atoms with Crippen LogP contribution >= 0.6 is 11.6 Å². The number of nitrogens with one attached hydrogen (secondary N) is 1. The first-order chi connectivity index (χ1) is 14.1. The molecule has 0 fully saturated rings. The van der Waals surface area contributed by atoms with E-state index in [2.05, 4.69) is 9.97 Å². The van der Waals surface area contributed by atoms with Gasteiger partial charge < -0.3 is 14.1 Å². The Bertz CT molecular complexity index is 1120.